The molecular weight excluding hydrogens is 228 g/mol. The molecule has 0 unspecified atom stereocenters. The van der Waals surface area contributed by atoms with Gasteiger partial charge in [0.2, 0.25) is 0 Å². The largest absolute Gasteiger partial charge is 0.399 e. The first-order chi connectivity index (χ1) is 7.12. The van der Waals surface area contributed by atoms with E-state index in [1.54, 1.807) is 0 Å². The van der Waals surface area contributed by atoms with E-state index in [1.807, 2.05) is 27.7 Å². The maximum absolute atomic E-state index is 11.2. The van der Waals surface area contributed by atoms with E-state index in [1.165, 1.54) is 0 Å². The lowest BCUT2D eigenvalue weighted by Gasteiger charge is -2.17. The van der Waals surface area contributed by atoms with Crippen LogP contribution in [0.15, 0.2) is 12.2 Å². The maximum Gasteiger partial charge on any atom is 0.399 e. The molecule has 96 valence electrons. The van der Waals surface area contributed by atoms with Crippen molar-refractivity contribution in [1.29, 1.82) is 0 Å². The minimum Gasteiger partial charge on any atom is -0.248 e. The molecule has 0 atom stereocenters. The van der Waals surface area contributed by atoms with Crippen molar-refractivity contribution in [3.63, 3.8) is 0 Å². The fourth-order valence-electron chi connectivity index (χ4n) is 0.802. The normalized spacial score (nSPS) is 12.8. The van der Waals surface area contributed by atoms with Gasteiger partial charge >= 0.3 is 10.4 Å². The van der Waals surface area contributed by atoms with Gasteiger partial charge < -0.3 is 0 Å². The summed E-state index contributed by atoms with van der Waals surface area (Å²) in [5.41, 5.74) is 0.928. The fraction of sp³-hybridized carbons (Fsp3) is 0.818. The van der Waals surface area contributed by atoms with Gasteiger partial charge in [-0.15, -0.1) is 6.58 Å². The van der Waals surface area contributed by atoms with E-state index >= 15 is 0 Å². The van der Waals surface area contributed by atoms with Gasteiger partial charge in [-0.25, -0.2) is 8.37 Å². The van der Waals surface area contributed by atoms with Crippen LogP contribution in [-0.4, -0.2) is 21.6 Å². The summed E-state index contributed by atoms with van der Waals surface area (Å²) in [5, 5.41) is 0. The highest BCUT2D eigenvalue weighted by Gasteiger charge is 2.15. The molecule has 0 amide bonds. The highest BCUT2D eigenvalue weighted by molar-refractivity contribution is 7.81. The Morgan fingerprint density at radius 1 is 1.19 bits per heavy atom. The summed E-state index contributed by atoms with van der Waals surface area (Å²) < 4.78 is 31.8. The second-order valence-corrected chi connectivity index (χ2v) is 6.36. The lowest BCUT2D eigenvalue weighted by atomic mass is 9.93. The zero-order chi connectivity index (χ0) is 12.8. The van der Waals surface area contributed by atoms with Gasteiger partial charge in [0.1, 0.15) is 0 Å². The summed E-state index contributed by atoms with van der Waals surface area (Å²) in [6, 6.07) is 0. The highest BCUT2D eigenvalue weighted by Crippen LogP contribution is 2.18. The van der Waals surface area contributed by atoms with Gasteiger partial charge in [-0.3, -0.25) is 0 Å². The van der Waals surface area contributed by atoms with E-state index in [0.29, 0.717) is 12.8 Å². The van der Waals surface area contributed by atoms with Gasteiger partial charge in [-0.1, -0.05) is 26.3 Å². The molecule has 0 fully saturated rings. The van der Waals surface area contributed by atoms with Crippen molar-refractivity contribution in [2.45, 2.75) is 40.5 Å². The van der Waals surface area contributed by atoms with E-state index in [0.717, 1.165) is 5.57 Å². The van der Waals surface area contributed by atoms with Gasteiger partial charge in [-0.05, 0) is 25.2 Å². The van der Waals surface area contributed by atoms with Crippen LogP contribution in [0.3, 0.4) is 0 Å². The quantitative estimate of drug-likeness (QED) is 0.652. The molecule has 0 radical (unpaired) electrons. The molecule has 0 aromatic heterocycles. The van der Waals surface area contributed by atoms with E-state index in [2.05, 4.69) is 10.8 Å². The summed E-state index contributed by atoms with van der Waals surface area (Å²) in [6.07, 6.45) is 1.18. The number of hydrogen-bond donors (Lipinski definition) is 0. The molecule has 0 bridgehead atoms. The van der Waals surface area contributed by atoms with Crippen molar-refractivity contribution in [3.05, 3.63) is 12.2 Å². The highest BCUT2D eigenvalue weighted by atomic mass is 32.3. The Morgan fingerprint density at radius 3 is 2.12 bits per heavy atom. The molecule has 0 saturated heterocycles. The number of rotatable bonds is 7. The molecule has 0 aliphatic carbocycles. The Kier molecular flexibility index (Phi) is 6.22. The van der Waals surface area contributed by atoms with Gasteiger partial charge in [0, 0.05) is 0 Å². The van der Waals surface area contributed by atoms with E-state index in [9.17, 15) is 8.42 Å². The molecule has 0 heterocycles. The third kappa shape index (κ3) is 10.1. The standard InChI is InChI=1S/C11H22O4S/c1-10(2)6-8-14-16(12,13)15-9-7-11(3,4)5/h1,6-9H2,2-5H3. The van der Waals surface area contributed by atoms with Crippen molar-refractivity contribution in [2.24, 2.45) is 5.41 Å². The van der Waals surface area contributed by atoms with Gasteiger partial charge in [0.15, 0.2) is 0 Å². The molecule has 0 saturated carbocycles. The van der Waals surface area contributed by atoms with Crippen molar-refractivity contribution in [3.8, 4) is 0 Å². The zero-order valence-corrected chi connectivity index (χ0v) is 11.4. The van der Waals surface area contributed by atoms with Crippen molar-refractivity contribution in [2.75, 3.05) is 13.2 Å². The molecule has 0 spiro atoms. The molecule has 0 aliphatic heterocycles. The molecule has 0 rings (SSSR count). The Balaban J connectivity index is 3.84. The molecule has 0 N–H and O–H groups in total. The SMILES string of the molecule is C=C(C)CCOS(=O)(=O)OCCC(C)(C)C. The van der Waals surface area contributed by atoms with E-state index < -0.39 is 10.4 Å². The van der Waals surface area contributed by atoms with Crippen LogP contribution >= 0.6 is 0 Å². The predicted molar refractivity (Wildman–Crippen MR) is 64.3 cm³/mol. The predicted octanol–water partition coefficient (Wildman–Crippen LogP) is 2.67. The van der Waals surface area contributed by atoms with Crippen molar-refractivity contribution in [1.82, 2.24) is 0 Å². The smallest absolute Gasteiger partial charge is 0.248 e. The average molecular weight is 250 g/mol. The molecule has 0 aromatic carbocycles. The summed E-state index contributed by atoms with van der Waals surface area (Å²) in [5.74, 6) is 0. The summed E-state index contributed by atoms with van der Waals surface area (Å²) in [7, 11) is -3.84. The first-order valence-electron chi connectivity index (χ1n) is 5.30. The maximum atomic E-state index is 11.2. The molecular formula is C11H22O4S. The monoisotopic (exact) mass is 250 g/mol. The summed E-state index contributed by atoms with van der Waals surface area (Å²) in [4.78, 5) is 0. The minimum absolute atomic E-state index is 0.0488. The molecule has 16 heavy (non-hydrogen) atoms. The van der Waals surface area contributed by atoms with Crippen LogP contribution in [0, 0.1) is 5.41 Å². The zero-order valence-electron chi connectivity index (χ0n) is 10.6. The molecule has 4 nitrogen and oxygen atoms in total. The van der Waals surface area contributed by atoms with Crippen LogP contribution < -0.4 is 0 Å². The topological polar surface area (TPSA) is 52.6 Å². The van der Waals surface area contributed by atoms with Gasteiger partial charge in [0.05, 0.1) is 13.2 Å². The number of hydrogen-bond acceptors (Lipinski definition) is 4. The van der Waals surface area contributed by atoms with Crippen LogP contribution in [0.1, 0.15) is 40.5 Å². The summed E-state index contributed by atoms with van der Waals surface area (Å²) in [6.45, 7) is 11.8. The molecule has 5 heteroatoms. The lowest BCUT2D eigenvalue weighted by molar-refractivity contribution is 0.191. The Morgan fingerprint density at radius 2 is 1.69 bits per heavy atom. The Hall–Kier alpha value is -0.390. The van der Waals surface area contributed by atoms with Gasteiger partial charge in [0.25, 0.3) is 0 Å². The van der Waals surface area contributed by atoms with Crippen LogP contribution in [0.2, 0.25) is 0 Å². The van der Waals surface area contributed by atoms with E-state index in [-0.39, 0.29) is 18.6 Å². The molecule has 0 aromatic rings. The van der Waals surface area contributed by atoms with Crippen LogP contribution in [0.5, 0.6) is 0 Å². The fourth-order valence-corrected chi connectivity index (χ4v) is 1.44. The van der Waals surface area contributed by atoms with Gasteiger partial charge in [-0.2, -0.15) is 8.42 Å². The molecule has 0 aliphatic rings. The minimum atomic E-state index is -3.84. The second-order valence-electron chi connectivity index (χ2n) is 5.07. The Labute approximate surface area is 99.0 Å². The third-order valence-corrected chi connectivity index (χ3v) is 2.75. The van der Waals surface area contributed by atoms with Crippen LogP contribution in [-0.2, 0) is 18.8 Å². The average Bonchev–Trinajstić information content (AvgIpc) is 1.99. The third-order valence-electron chi connectivity index (χ3n) is 1.84. The first kappa shape index (κ1) is 15.6. The van der Waals surface area contributed by atoms with E-state index in [4.69, 9.17) is 4.18 Å². The Bertz CT molecular complexity index is 311. The van der Waals surface area contributed by atoms with Crippen molar-refractivity contribution < 1.29 is 16.8 Å². The lowest BCUT2D eigenvalue weighted by Crippen LogP contribution is -2.16. The first-order valence-corrected chi connectivity index (χ1v) is 6.64. The second kappa shape index (κ2) is 6.37. The summed E-state index contributed by atoms with van der Waals surface area (Å²) >= 11 is 0. The van der Waals surface area contributed by atoms with Crippen LogP contribution in [0.25, 0.3) is 0 Å². The van der Waals surface area contributed by atoms with Crippen LogP contribution in [0.4, 0.5) is 0 Å². The van der Waals surface area contributed by atoms with Crippen molar-refractivity contribution >= 4 is 10.4 Å².